The van der Waals surface area contributed by atoms with E-state index in [4.69, 9.17) is 4.42 Å². The lowest BCUT2D eigenvalue weighted by Gasteiger charge is -2.17. The Labute approximate surface area is 142 Å². The molecule has 0 bridgehead atoms. The third-order valence-electron chi connectivity index (χ3n) is 3.51. The van der Waals surface area contributed by atoms with Crippen molar-refractivity contribution in [2.75, 3.05) is 19.4 Å². The van der Waals surface area contributed by atoms with Crippen LogP contribution in [0.4, 0.5) is 10.5 Å². The van der Waals surface area contributed by atoms with Gasteiger partial charge in [-0.25, -0.2) is 4.79 Å². The first-order valence-electron chi connectivity index (χ1n) is 7.96. The molecule has 2 atom stereocenters. The first-order valence-corrected chi connectivity index (χ1v) is 7.96. The smallest absolute Gasteiger partial charge is 0.319 e. The van der Waals surface area contributed by atoms with E-state index >= 15 is 0 Å². The molecule has 2 aromatic rings. The molecule has 130 valence electrons. The first kappa shape index (κ1) is 18.0. The number of carbonyl (C=O) groups is 1. The molecule has 0 saturated carbocycles. The van der Waals surface area contributed by atoms with Crippen LogP contribution < -0.4 is 10.6 Å². The zero-order valence-electron chi connectivity index (χ0n) is 14.3. The lowest BCUT2D eigenvalue weighted by molar-refractivity contribution is 0.130. The van der Waals surface area contributed by atoms with Crippen LogP contribution in [-0.4, -0.2) is 36.2 Å². The van der Waals surface area contributed by atoms with Crippen LogP contribution in [0.1, 0.15) is 30.8 Å². The van der Waals surface area contributed by atoms with Crippen molar-refractivity contribution in [3.05, 3.63) is 54.0 Å². The normalized spacial score (nSPS) is 13.5. The fraction of sp³-hybridized carbons (Fsp3) is 0.389. The number of aliphatic hydroxyl groups is 1. The maximum atomic E-state index is 12.1. The molecular weight excluding hydrogens is 306 g/mol. The molecule has 2 rings (SSSR count). The van der Waals surface area contributed by atoms with Crippen molar-refractivity contribution in [2.24, 2.45) is 0 Å². The summed E-state index contributed by atoms with van der Waals surface area (Å²) in [6, 6.07) is 10.7. The Morgan fingerprint density at radius 2 is 2.08 bits per heavy atom. The molecule has 1 aromatic heterocycles. The number of nitrogens with zero attached hydrogens (tertiary/aromatic N) is 1. The average molecular weight is 331 g/mol. The molecule has 0 saturated heterocycles. The summed E-state index contributed by atoms with van der Waals surface area (Å²) in [5, 5.41) is 15.7. The number of carbonyl (C=O) groups excluding carboxylic acids is 1. The van der Waals surface area contributed by atoms with Gasteiger partial charge in [0.25, 0.3) is 0 Å². The Balaban J connectivity index is 1.84. The van der Waals surface area contributed by atoms with Gasteiger partial charge in [-0.15, -0.1) is 0 Å². The van der Waals surface area contributed by atoms with Crippen LogP contribution >= 0.6 is 0 Å². The fourth-order valence-electron chi connectivity index (χ4n) is 2.49. The van der Waals surface area contributed by atoms with Gasteiger partial charge in [0, 0.05) is 24.7 Å². The minimum absolute atomic E-state index is 0.199. The Morgan fingerprint density at radius 3 is 2.75 bits per heavy atom. The minimum Gasteiger partial charge on any atom is -0.467 e. The Hall–Kier alpha value is -2.31. The van der Waals surface area contributed by atoms with Crippen LogP contribution in [-0.2, 0) is 6.54 Å². The van der Waals surface area contributed by atoms with Crippen LogP contribution in [0.15, 0.2) is 47.1 Å². The Bertz CT molecular complexity index is 641. The van der Waals surface area contributed by atoms with Crippen molar-refractivity contribution in [1.82, 2.24) is 10.2 Å². The second-order valence-electron chi connectivity index (χ2n) is 6.20. The van der Waals surface area contributed by atoms with Crippen LogP contribution in [0.25, 0.3) is 0 Å². The van der Waals surface area contributed by atoms with E-state index in [0.717, 1.165) is 17.8 Å². The van der Waals surface area contributed by atoms with Gasteiger partial charge in [-0.1, -0.05) is 12.1 Å². The van der Waals surface area contributed by atoms with Gasteiger partial charge in [-0.3, -0.25) is 0 Å². The van der Waals surface area contributed by atoms with Gasteiger partial charge in [0.05, 0.1) is 6.26 Å². The number of benzene rings is 1. The molecule has 6 heteroatoms. The van der Waals surface area contributed by atoms with Crippen LogP contribution in [0, 0.1) is 0 Å². The van der Waals surface area contributed by atoms with Gasteiger partial charge in [-0.2, -0.15) is 0 Å². The molecular formula is C18H25N3O3. The molecule has 0 fully saturated rings. The SMILES string of the molecule is CC(CC(O)c1ccco1)NC(=O)Nc1cccc(CN(C)C)c1. The van der Waals surface area contributed by atoms with E-state index in [2.05, 4.69) is 15.5 Å². The predicted molar refractivity (Wildman–Crippen MR) is 93.7 cm³/mol. The van der Waals surface area contributed by atoms with Crippen molar-refractivity contribution in [1.29, 1.82) is 0 Å². The second kappa shape index (κ2) is 8.52. The van der Waals surface area contributed by atoms with Crippen LogP contribution in [0.3, 0.4) is 0 Å². The van der Waals surface area contributed by atoms with Crippen molar-refractivity contribution in [2.45, 2.75) is 32.0 Å². The summed E-state index contributed by atoms with van der Waals surface area (Å²) in [5.41, 5.74) is 1.87. The Kier molecular flexibility index (Phi) is 6.40. The van der Waals surface area contributed by atoms with Crippen LogP contribution in [0.2, 0.25) is 0 Å². The van der Waals surface area contributed by atoms with Gasteiger partial charge >= 0.3 is 6.03 Å². The number of anilines is 1. The number of hydrogen-bond donors (Lipinski definition) is 3. The largest absolute Gasteiger partial charge is 0.467 e. The van der Waals surface area contributed by atoms with E-state index < -0.39 is 6.10 Å². The van der Waals surface area contributed by atoms with Crippen molar-refractivity contribution in [3.63, 3.8) is 0 Å². The summed E-state index contributed by atoms with van der Waals surface area (Å²) in [4.78, 5) is 14.2. The molecule has 0 radical (unpaired) electrons. The molecule has 1 aromatic carbocycles. The molecule has 1 heterocycles. The number of urea groups is 1. The van der Waals surface area contributed by atoms with Gasteiger partial charge in [0.2, 0.25) is 0 Å². The zero-order chi connectivity index (χ0) is 17.5. The summed E-state index contributed by atoms with van der Waals surface area (Å²) in [5.74, 6) is 0.500. The van der Waals surface area contributed by atoms with E-state index in [1.807, 2.05) is 45.3 Å². The molecule has 0 aliphatic carbocycles. The number of hydrogen-bond acceptors (Lipinski definition) is 4. The summed E-state index contributed by atoms with van der Waals surface area (Å²) in [7, 11) is 4.00. The third kappa shape index (κ3) is 5.72. The molecule has 3 N–H and O–H groups in total. The Morgan fingerprint density at radius 1 is 1.29 bits per heavy atom. The van der Waals surface area contributed by atoms with Gasteiger partial charge < -0.3 is 25.1 Å². The van der Waals surface area contributed by atoms with E-state index in [0.29, 0.717) is 12.2 Å². The van der Waals surface area contributed by atoms with Crippen molar-refractivity contribution >= 4 is 11.7 Å². The summed E-state index contributed by atoms with van der Waals surface area (Å²) in [6.45, 7) is 2.65. The topological polar surface area (TPSA) is 77.7 Å². The van der Waals surface area contributed by atoms with Gasteiger partial charge in [0.15, 0.2) is 0 Å². The highest BCUT2D eigenvalue weighted by atomic mass is 16.4. The monoisotopic (exact) mass is 331 g/mol. The predicted octanol–water partition coefficient (Wildman–Crippen LogP) is 2.97. The van der Waals surface area contributed by atoms with E-state index in [1.54, 1.807) is 12.1 Å². The van der Waals surface area contributed by atoms with Crippen LogP contribution in [0.5, 0.6) is 0 Å². The van der Waals surface area contributed by atoms with Gasteiger partial charge in [0.1, 0.15) is 11.9 Å². The molecule has 0 aliphatic rings. The number of nitrogens with one attached hydrogen (secondary N) is 2. The maximum absolute atomic E-state index is 12.1. The average Bonchev–Trinajstić information content (AvgIpc) is 3.00. The third-order valence-corrected chi connectivity index (χ3v) is 3.51. The maximum Gasteiger partial charge on any atom is 0.319 e. The fourth-order valence-corrected chi connectivity index (χ4v) is 2.49. The lowest BCUT2D eigenvalue weighted by atomic mass is 10.1. The number of amides is 2. The lowest BCUT2D eigenvalue weighted by Crippen LogP contribution is -2.37. The van der Waals surface area contributed by atoms with E-state index in [1.165, 1.54) is 6.26 Å². The minimum atomic E-state index is -0.737. The van der Waals surface area contributed by atoms with Crippen molar-refractivity contribution in [3.8, 4) is 0 Å². The van der Waals surface area contributed by atoms with E-state index in [-0.39, 0.29) is 12.1 Å². The highest BCUT2D eigenvalue weighted by Gasteiger charge is 2.16. The molecule has 6 nitrogen and oxygen atoms in total. The first-order chi connectivity index (χ1) is 11.4. The molecule has 24 heavy (non-hydrogen) atoms. The standard InChI is InChI=1S/C18H25N3O3/c1-13(10-16(22)17-8-5-9-24-17)19-18(23)20-15-7-4-6-14(11-15)12-21(2)3/h4-9,11,13,16,22H,10,12H2,1-3H3,(H2,19,20,23). The summed E-state index contributed by atoms with van der Waals surface area (Å²) in [6.07, 6.45) is 1.16. The molecule has 0 spiro atoms. The highest BCUT2D eigenvalue weighted by molar-refractivity contribution is 5.89. The quantitative estimate of drug-likeness (QED) is 0.729. The van der Waals surface area contributed by atoms with Crippen molar-refractivity contribution < 1.29 is 14.3 Å². The summed E-state index contributed by atoms with van der Waals surface area (Å²) < 4.78 is 5.16. The number of rotatable bonds is 7. The number of aliphatic hydroxyl groups excluding tert-OH is 1. The molecule has 2 unspecified atom stereocenters. The van der Waals surface area contributed by atoms with E-state index in [9.17, 15) is 9.90 Å². The molecule has 2 amide bonds. The summed E-state index contributed by atoms with van der Waals surface area (Å²) >= 11 is 0. The highest BCUT2D eigenvalue weighted by Crippen LogP contribution is 2.18. The second-order valence-corrected chi connectivity index (χ2v) is 6.20. The zero-order valence-corrected chi connectivity index (χ0v) is 14.3. The number of furan rings is 1. The molecule has 0 aliphatic heterocycles. The van der Waals surface area contributed by atoms with Gasteiger partial charge in [-0.05, 0) is 50.8 Å².